The summed E-state index contributed by atoms with van der Waals surface area (Å²) in [5, 5.41) is 8.98. The van der Waals surface area contributed by atoms with Crippen LogP contribution in [0.5, 0.6) is 11.5 Å². The van der Waals surface area contributed by atoms with Crippen molar-refractivity contribution in [3.05, 3.63) is 74.2 Å². The molecule has 1 N–H and O–H groups in total. The zero-order chi connectivity index (χ0) is 26.4. The highest BCUT2D eigenvalue weighted by atomic mass is 32.1. The number of hydrogen-bond donors (Lipinski definition) is 1. The number of carbonyl (C=O) groups is 1. The molecule has 0 saturated carbocycles. The molecule has 0 bridgehead atoms. The maximum atomic E-state index is 14.1. The second-order valence-corrected chi connectivity index (χ2v) is 11.1. The van der Waals surface area contributed by atoms with Gasteiger partial charge in [-0.1, -0.05) is 12.1 Å². The van der Waals surface area contributed by atoms with E-state index in [1.807, 2.05) is 12.1 Å². The largest absolute Gasteiger partial charge is 0.493 e. The van der Waals surface area contributed by atoms with Crippen LogP contribution in [0.3, 0.4) is 0 Å². The van der Waals surface area contributed by atoms with E-state index in [0.29, 0.717) is 56.0 Å². The first kappa shape index (κ1) is 25.2. The van der Waals surface area contributed by atoms with Crippen molar-refractivity contribution >= 4 is 17.3 Å². The number of hydrogen-bond acceptors (Lipinski definition) is 6. The number of carboxylic acid groups (broad SMARTS) is 1. The molecule has 2 aromatic carbocycles. The van der Waals surface area contributed by atoms with Gasteiger partial charge in [-0.05, 0) is 48.1 Å². The lowest BCUT2D eigenvalue weighted by atomic mass is 9.95. The SMILES string of the molecule is O=C(O)CCC1COc2cc(OC3CCc4c3ccc(C(F)(F)F)c4CN3CCc4ncsc4C3)ccc21. The summed E-state index contributed by atoms with van der Waals surface area (Å²) in [6, 6.07) is 8.33. The Bertz CT molecular complexity index is 1370. The van der Waals surface area contributed by atoms with Crippen LogP contribution in [0.25, 0.3) is 0 Å². The van der Waals surface area contributed by atoms with Gasteiger partial charge in [0.05, 0.1) is 23.4 Å². The Labute approximate surface area is 222 Å². The van der Waals surface area contributed by atoms with Crippen molar-refractivity contribution in [3.8, 4) is 11.5 Å². The fourth-order valence-corrected chi connectivity index (χ4v) is 6.72. The molecule has 0 spiro atoms. The second-order valence-electron chi connectivity index (χ2n) is 10.1. The van der Waals surface area contributed by atoms with Gasteiger partial charge in [0.15, 0.2) is 0 Å². The summed E-state index contributed by atoms with van der Waals surface area (Å²) < 4.78 is 54.3. The van der Waals surface area contributed by atoms with Gasteiger partial charge in [-0.3, -0.25) is 9.69 Å². The number of alkyl halides is 3. The summed E-state index contributed by atoms with van der Waals surface area (Å²) in [7, 11) is 0. The van der Waals surface area contributed by atoms with E-state index in [1.165, 1.54) is 6.07 Å². The van der Waals surface area contributed by atoms with Crippen molar-refractivity contribution in [2.24, 2.45) is 0 Å². The molecule has 3 heterocycles. The van der Waals surface area contributed by atoms with E-state index in [1.54, 1.807) is 29.0 Å². The van der Waals surface area contributed by atoms with Gasteiger partial charge in [0, 0.05) is 54.9 Å². The van der Waals surface area contributed by atoms with Crippen LogP contribution >= 0.6 is 11.3 Å². The van der Waals surface area contributed by atoms with E-state index in [9.17, 15) is 18.0 Å². The van der Waals surface area contributed by atoms with E-state index >= 15 is 0 Å². The van der Waals surface area contributed by atoms with Crippen molar-refractivity contribution < 1.29 is 32.5 Å². The Hall–Kier alpha value is -3.11. The molecule has 0 saturated heterocycles. The first-order valence-corrected chi connectivity index (χ1v) is 13.6. The number of rotatable bonds is 7. The molecule has 0 fully saturated rings. The molecule has 200 valence electrons. The maximum Gasteiger partial charge on any atom is 0.416 e. The van der Waals surface area contributed by atoms with E-state index in [-0.39, 0.29) is 25.0 Å². The maximum absolute atomic E-state index is 14.1. The van der Waals surface area contributed by atoms with Crippen LogP contribution in [0.1, 0.15) is 69.7 Å². The number of benzene rings is 2. The summed E-state index contributed by atoms with van der Waals surface area (Å²) >= 11 is 1.56. The van der Waals surface area contributed by atoms with Gasteiger partial charge in [-0.2, -0.15) is 13.2 Å². The van der Waals surface area contributed by atoms with Crippen LogP contribution in [0.2, 0.25) is 0 Å². The number of halogens is 3. The Morgan fingerprint density at radius 1 is 1.21 bits per heavy atom. The highest BCUT2D eigenvalue weighted by molar-refractivity contribution is 7.09. The number of aliphatic carboxylic acids is 1. The standard InChI is InChI=1S/C28H27F3N2O4S/c29-28(30,31)22-6-4-20-19(21(22)12-33-10-9-23-26(13-33)38-15-32-23)5-7-24(20)37-17-2-3-18-16(1-8-27(34)35)14-36-25(18)11-17/h2-4,6,11,15-16,24H,1,5,7-10,12-14H2,(H,34,35). The quantitative estimate of drug-likeness (QED) is 0.386. The topological polar surface area (TPSA) is 71.9 Å². The first-order chi connectivity index (χ1) is 18.3. The molecule has 3 aromatic rings. The third kappa shape index (κ3) is 4.87. The molecule has 1 aliphatic carbocycles. The molecule has 0 amide bonds. The Kier molecular flexibility index (Phi) is 6.55. The number of ether oxygens (including phenoxy) is 2. The van der Waals surface area contributed by atoms with Gasteiger partial charge >= 0.3 is 12.1 Å². The molecule has 2 atom stereocenters. The van der Waals surface area contributed by atoms with Crippen molar-refractivity contribution in [2.45, 2.75) is 63.4 Å². The summed E-state index contributed by atoms with van der Waals surface area (Å²) in [6.45, 7) is 1.97. The molecule has 3 aliphatic rings. The summed E-state index contributed by atoms with van der Waals surface area (Å²) in [5.74, 6) is 0.467. The van der Waals surface area contributed by atoms with E-state index < -0.39 is 17.7 Å². The fraction of sp³-hybridized carbons (Fsp3) is 0.429. The molecular weight excluding hydrogens is 517 g/mol. The second kappa shape index (κ2) is 9.89. The highest BCUT2D eigenvalue weighted by Crippen LogP contribution is 2.44. The Morgan fingerprint density at radius 2 is 2.05 bits per heavy atom. The number of carboxylic acids is 1. The summed E-state index contributed by atoms with van der Waals surface area (Å²) in [6.07, 6.45) is -2.32. The lowest BCUT2D eigenvalue weighted by molar-refractivity contribution is -0.139. The van der Waals surface area contributed by atoms with Crippen LogP contribution in [0, 0.1) is 0 Å². The van der Waals surface area contributed by atoms with Crippen molar-refractivity contribution in [1.29, 1.82) is 0 Å². The normalized spacial score (nSPS) is 20.5. The van der Waals surface area contributed by atoms with Crippen LogP contribution < -0.4 is 9.47 Å². The molecule has 2 unspecified atom stereocenters. The molecule has 0 radical (unpaired) electrons. The fourth-order valence-electron chi connectivity index (χ4n) is 5.87. The van der Waals surface area contributed by atoms with Gasteiger partial charge in [-0.25, -0.2) is 4.98 Å². The Balaban J connectivity index is 1.23. The van der Waals surface area contributed by atoms with Crippen LogP contribution in [0.15, 0.2) is 35.8 Å². The first-order valence-electron chi connectivity index (χ1n) is 12.8. The number of aromatic nitrogens is 1. The zero-order valence-corrected chi connectivity index (χ0v) is 21.4. The molecule has 6 nitrogen and oxygen atoms in total. The molecule has 6 rings (SSSR count). The monoisotopic (exact) mass is 544 g/mol. The summed E-state index contributed by atoms with van der Waals surface area (Å²) in [4.78, 5) is 18.5. The third-order valence-electron chi connectivity index (χ3n) is 7.77. The van der Waals surface area contributed by atoms with Gasteiger partial charge in [0.1, 0.15) is 17.6 Å². The molecule has 10 heteroatoms. The average Bonchev–Trinajstić information content (AvgIpc) is 3.60. The molecular formula is C28H27F3N2O4S. The number of nitrogens with zero attached hydrogens (tertiary/aromatic N) is 2. The van der Waals surface area contributed by atoms with Crippen molar-refractivity contribution in [1.82, 2.24) is 9.88 Å². The predicted octanol–water partition coefficient (Wildman–Crippen LogP) is 6.13. The minimum absolute atomic E-state index is 0.0292. The number of thiazole rings is 1. The van der Waals surface area contributed by atoms with Gasteiger partial charge < -0.3 is 14.6 Å². The van der Waals surface area contributed by atoms with Gasteiger partial charge in [-0.15, -0.1) is 11.3 Å². The van der Waals surface area contributed by atoms with Crippen molar-refractivity contribution in [3.63, 3.8) is 0 Å². The van der Waals surface area contributed by atoms with E-state index in [0.717, 1.165) is 33.7 Å². The van der Waals surface area contributed by atoms with Crippen LogP contribution in [-0.4, -0.2) is 34.1 Å². The van der Waals surface area contributed by atoms with Crippen molar-refractivity contribution in [2.75, 3.05) is 13.2 Å². The van der Waals surface area contributed by atoms with Crippen LogP contribution in [0.4, 0.5) is 13.2 Å². The lowest BCUT2D eigenvalue weighted by Crippen LogP contribution is -2.31. The van der Waals surface area contributed by atoms with Crippen LogP contribution in [-0.2, 0) is 36.9 Å². The predicted molar refractivity (Wildman–Crippen MR) is 135 cm³/mol. The number of fused-ring (bicyclic) bond motifs is 3. The highest BCUT2D eigenvalue weighted by Gasteiger charge is 2.38. The Morgan fingerprint density at radius 3 is 2.87 bits per heavy atom. The zero-order valence-electron chi connectivity index (χ0n) is 20.6. The lowest BCUT2D eigenvalue weighted by Gasteiger charge is -2.28. The average molecular weight is 545 g/mol. The van der Waals surface area contributed by atoms with E-state index in [2.05, 4.69) is 9.88 Å². The third-order valence-corrected chi connectivity index (χ3v) is 8.63. The molecule has 2 aliphatic heterocycles. The molecule has 38 heavy (non-hydrogen) atoms. The summed E-state index contributed by atoms with van der Waals surface area (Å²) in [5.41, 5.74) is 5.17. The minimum atomic E-state index is -4.43. The minimum Gasteiger partial charge on any atom is -0.493 e. The van der Waals surface area contributed by atoms with Gasteiger partial charge in [0.2, 0.25) is 0 Å². The molecule has 1 aromatic heterocycles. The smallest absolute Gasteiger partial charge is 0.416 e. The van der Waals surface area contributed by atoms with E-state index in [4.69, 9.17) is 14.6 Å². The van der Waals surface area contributed by atoms with Gasteiger partial charge in [0.25, 0.3) is 0 Å².